The fraction of sp³-hybridized carbons (Fsp3) is 0.516. The van der Waals surface area contributed by atoms with Crippen LogP contribution >= 0.6 is 22.7 Å². The molecule has 16 nitrogen and oxygen atoms in total. The van der Waals surface area contributed by atoms with Crippen molar-refractivity contribution in [3.05, 3.63) is 166 Å². The van der Waals surface area contributed by atoms with E-state index in [9.17, 15) is 9.59 Å². The van der Waals surface area contributed by atoms with Gasteiger partial charge in [-0.2, -0.15) is 0 Å². The number of H-pyrrole nitrogens is 2. The van der Waals surface area contributed by atoms with Crippen molar-refractivity contribution in [2.75, 3.05) is 52.7 Å². The van der Waals surface area contributed by atoms with Gasteiger partial charge in [-0.15, -0.1) is 22.7 Å². The van der Waals surface area contributed by atoms with E-state index in [1.807, 2.05) is 6.07 Å². The van der Waals surface area contributed by atoms with Crippen LogP contribution in [0.2, 0.25) is 0 Å². The lowest BCUT2D eigenvalue weighted by Crippen LogP contribution is -2.44. The summed E-state index contributed by atoms with van der Waals surface area (Å²) >= 11 is 3.21. The van der Waals surface area contributed by atoms with Crippen molar-refractivity contribution in [3.8, 4) is 98.5 Å². The number of nitrogens with zero attached hydrogens (tertiary/aromatic N) is 4. The highest BCUT2D eigenvalue weighted by Gasteiger charge is 2.42. The first-order chi connectivity index (χ1) is 69.8. The zero-order valence-corrected chi connectivity index (χ0v) is 88.8. The smallest absolute Gasteiger partial charge is 0.262 e. The molecule has 0 saturated heterocycles. The number of fused-ring (bicyclic) bond motifs is 8. The van der Waals surface area contributed by atoms with E-state index in [2.05, 4.69) is 193 Å². The number of carbonyl (C=O) groups is 4. The number of carbonyl (C=O) groups excluding carboxylic acids is 4. The van der Waals surface area contributed by atoms with E-state index in [1.165, 1.54) is 164 Å². The second-order valence-electron chi connectivity index (χ2n) is 39.9. The molecule has 5 aromatic heterocycles. The van der Waals surface area contributed by atoms with Crippen LogP contribution in [0.4, 0.5) is 0 Å². The molecule has 10 aromatic rings. The molecule has 5 aromatic carbocycles. The van der Waals surface area contributed by atoms with Crippen LogP contribution in [-0.2, 0) is 0 Å². The first-order valence-electron chi connectivity index (χ1n) is 55.8. The summed E-state index contributed by atoms with van der Waals surface area (Å²) in [6.07, 6.45) is 61.6. The molecule has 4 aliphatic rings. The predicted octanol–water partition coefficient (Wildman–Crippen LogP) is 36.3. The summed E-state index contributed by atoms with van der Waals surface area (Å²) < 4.78 is 41.5. The molecule has 18 heteroatoms. The molecule has 14 rings (SSSR count). The Kier molecular flexibility index (Phi) is 43.2. The third-order valence-electron chi connectivity index (χ3n) is 28.5. The van der Waals surface area contributed by atoms with Gasteiger partial charge < -0.3 is 38.4 Å². The van der Waals surface area contributed by atoms with Gasteiger partial charge >= 0.3 is 0 Å². The Hall–Kier alpha value is -10.6. The number of benzene rings is 5. The van der Waals surface area contributed by atoms with Gasteiger partial charge in [-0.25, -0.2) is 9.97 Å². The molecule has 0 radical (unpaired) electrons. The summed E-state index contributed by atoms with van der Waals surface area (Å²) in [7, 11) is 0. The van der Waals surface area contributed by atoms with E-state index < -0.39 is 17.7 Å². The van der Waals surface area contributed by atoms with Gasteiger partial charge in [-0.1, -0.05) is 312 Å². The van der Waals surface area contributed by atoms with Crippen LogP contribution < -0.4 is 28.4 Å². The summed E-state index contributed by atoms with van der Waals surface area (Å²) in [5.41, 5.74) is 14.4. The molecule has 2 N–H and O–H groups in total. The highest BCUT2D eigenvalue weighted by Crippen LogP contribution is 2.50. The minimum atomic E-state index is -0.404. The highest BCUT2D eigenvalue weighted by molar-refractivity contribution is 7.25. The van der Waals surface area contributed by atoms with Gasteiger partial charge in [0.05, 0.1) is 68.0 Å². The number of aromatic amines is 2. The van der Waals surface area contributed by atoms with Gasteiger partial charge in [0.25, 0.3) is 23.6 Å². The van der Waals surface area contributed by atoms with Gasteiger partial charge in [0.1, 0.15) is 34.5 Å². The van der Waals surface area contributed by atoms with Crippen LogP contribution in [0, 0.1) is 0 Å². The molecule has 4 amide bonds. The van der Waals surface area contributed by atoms with Crippen molar-refractivity contribution >= 4 is 103 Å². The number of rotatable bonds is 68. The fourth-order valence-corrected chi connectivity index (χ4v) is 22.6. The Bertz CT molecular complexity index is 5810. The van der Waals surface area contributed by atoms with Crippen molar-refractivity contribution in [3.63, 3.8) is 0 Å². The lowest BCUT2D eigenvalue weighted by Gasteiger charge is -2.33. The zero-order chi connectivity index (χ0) is 99.0. The largest absolute Gasteiger partial charge is 0.493 e. The van der Waals surface area contributed by atoms with Gasteiger partial charge in [0.15, 0.2) is 0 Å². The van der Waals surface area contributed by atoms with Gasteiger partial charge in [-0.3, -0.25) is 29.0 Å². The maximum atomic E-state index is 15.7. The lowest BCUT2D eigenvalue weighted by atomic mass is 9.83. The van der Waals surface area contributed by atoms with Crippen molar-refractivity contribution in [1.29, 1.82) is 0 Å². The Morgan fingerprint density at radius 2 is 0.486 bits per heavy atom. The number of amides is 4. The summed E-state index contributed by atoms with van der Waals surface area (Å²) in [6, 6.07) is 41.9. The van der Waals surface area contributed by atoms with Gasteiger partial charge in [0.2, 0.25) is 0 Å². The number of hydrogen-bond acceptors (Lipinski definition) is 14. The van der Waals surface area contributed by atoms with Crippen molar-refractivity contribution in [2.24, 2.45) is 0 Å². The van der Waals surface area contributed by atoms with E-state index in [1.54, 1.807) is 34.8 Å². The van der Waals surface area contributed by atoms with Crippen LogP contribution in [0.3, 0.4) is 0 Å². The molecule has 0 saturated carbocycles. The monoisotopic (exact) mass is 1960 g/mol. The van der Waals surface area contributed by atoms with Gasteiger partial charge in [-0.05, 0) is 195 Å². The summed E-state index contributed by atoms with van der Waals surface area (Å²) in [5, 5.41) is 0.779. The number of aromatic nitrogens is 4. The Labute approximate surface area is 856 Å². The number of ether oxygens (including phenoxy) is 6. The quantitative estimate of drug-likeness (QED) is 0.0272. The predicted molar refractivity (Wildman–Crippen MR) is 595 cm³/mol. The van der Waals surface area contributed by atoms with E-state index >= 15 is 9.59 Å². The topological polar surface area (TPSA) is 187 Å². The van der Waals surface area contributed by atoms with Crippen LogP contribution in [0.25, 0.3) is 121 Å². The molecule has 0 unspecified atom stereocenters. The minimum Gasteiger partial charge on any atom is -0.493 e. The maximum Gasteiger partial charge on any atom is 0.262 e. The summed E-state index contributed by atoms with van der Waals surface area (Å²) in [6.45, 7) is 22.0. The van der Waals surface area contributed by atoms with E-state index in [4.69, 9.17) is 38.4 Å². The SMILES string of the molecule is CCCCCCCCOc1cc(OCCCCCCCC)cc(-c2c3nc(c(-c4cc(OCCCCCCCC)cc(OCCCCCCCC)c4)c4ccc([nH]4)c(-c4ccc(-c5ccc(-c6cc7c8c(ccc9c8c6C(=O)N(CCCCCCCC)C9=O)C(=O)N(CCCCCCCC)C7=O)s5)s4)c4nc(c(-c5cc(OCCCCCCCC)cc(OCCCCCCCC)c5)c5ccc2[nH]5)C=C4)C=C3)c1. The van der Waals surface area contributed by atoms with Crippen molar-refractivity contribution in [1.82, 2.24) is 29.7 Å². The number of thiophene rings is 2. The molecule has 0 spiro atoms. The van der Waals surface area contributed by atoms with E-state index in [0.717, 1.165) is 279 Å². The van der Waals surface area contributed by atoms with Crippen LogP contribution in [-0.4, -0.2) is 106 Å². The number of unbranched alkanes of at least 4 members (excludes halogenated alkanes) is 40. The van der Waals surface area contributed by atoms with Crippen molar-refractivity contribution in [2.45, 2.75) is 364 Å². The Morgan fingerprint density at radius 1 is 0.232 bits per heavy atom. The molecule has 9 heterocycles. The Balaban J connectivity index is 0.980. The first kappa shape index (κ1) is 107. The molecule has 4 aliphatic heterocycles. The average molecular weight is 1960 g/mol. The zero-order valence-electron chi connectivity index (χ0n) is 87.1. The normalized spacial score (nSPS) is 12.8. The number of nitrogens with one attached hydrogen (secondary N) is 2. The number of hydrogen-bond donors (Lipinski definition) is 2. The summed E-state index contributed by atoms with van der Waals surface area (Å²) in [5.74, 6) is 2.84. The average Bonchev–Trinajstić information content (AvgIpc) is 0.833. The molecular weight excluding hydrogens is 1800 g/mol. The van der Waals surface area contributed by atoms with Crippen LogP contribution in [0.5, 0.6) is 34.5 Å². The molecular formula is C124H162N6O10S2. The minimum absolute atomic E-state index is 0.262. The van der Waals surface area contributed by atoms with Crippen LogP contribution in [0.15, 0.2) is 121 Å². The third kappa shape index (κ3) is 29.2. The molecule has 0 aliphatic carbocycles. The molecule has 0 fully saturated rings. The standard InChI is InChI=1S/C124H162N6O10S2/c1-9-17-25-33-41-49-71-129-121(131)98-57-58-99-118-117(98)101(123(129)133)88-100(119(118)124(134)130(122(99)132)72-50-42-34-26-18-10-2)110-67-68-111(141-110)112-69-70-113(142-112)120-108-65-63-106(127-108)115(90-81-94(137-75-53-45-37-29-21-13-5)86-95(82-90)138-76-54-46-38-30-22-14-6)104-61-59-102(125-104)114(89-79-92(135-73-51-43-35-27-19-11-3)85-93(80-89)136-74-52-44-36-28-20-12-4)103-60-62-105(126-103)116(107-64-66-109(120)128-107)91-83-96(139-77-55-47-39-31-23-15-7)87-97(84-91)140-78-56-48-40-32-24-16-8/h57-70,79-88,125,128H,9-56,71-78H2,1-8H3. The maximum absolute atomic E-state index is 15.7. The lowest BCUT2D eigenvalue weighted by molar-refractivity contribution is 0.0586. The second kappa shape index (κ2) is 57.2. The van der Waals surface area contributed by atoms with E-state index in [-0.39, 0.29) is 19.0 Å². The van der Waals surface area contributed by atoms with Crippen LogP contribution in [0.1, 0.15) is 428 Å². The fourth-order valence-electron chi connectivity index (χ4n) is 20.4. The second-order valence-corrected chi connectivity index (χ2v) is 42.1. The first-order valence-corrected chi connectivity index (χ1v) is 57.4. The highest BCUT2D eigenvalue weighted by atomic mass is 32.1. The molecule has 760 valence electrons. The molecule has 8 bridgehead atoms. The molecule has 142 heavy (non-hydrogen) atoms. The van der Waals surface area contributed by atoms with Gasteiger partial charge in [0, 0.05) is 128 Å². The molecule has 0 atom stereocenters. The summed E-state index contributed by atoms with van der Waals surface area (Å²) in [4.78, 5) is 87.4. The third-order valence-corrected chi connectivity index (χ3v) is 30.9. The number of imide groups is 2. The Morgan fingerprint density at radius 3 is 0.810 bits per heavy atom. The van der Waals surface area contributed by atoms with Crippen molar-refractivity contribution < 1.29 is 47.6 Å². The van der Waals surface area contributed by atoms with E-state index in [0.29, 0.717) is 91.1 Å².